The van der Waals surface area contributed by atoms with Crippen molar-refractivity contribution in [2.75, 3.05) is 13.1 Å². The zero-order chi connectivity index (χ0) is 28.6. The Labute approximate surface area is 219 Å². The zero-order valence-corrected chi connectivity index (χ0v) is 22.3. The molecular weight excluding hydrogens is 533 g/mol. The maximum Gasteiger partial charge on any atom is 0.523 e. The number of hydrogen-bond acceptors (Lipinski definition) is 8. The Hall–Kier alpha value is -2.87. The molecule has 0 aliphatic carbocycles. The molecular formula is C24H33F3N2O8S. The minimum Gasteiger partial charge on any atom is -0.458 e. The highest BCUT2D eigenvalue weighted by Crippen LogP contribution is 2.29. The van der Waals surface area contributed by atoms with Gasteiger partial charge in [0.05, 0.1) is 0 Å². The van der Waals surface area contributed by atoms with Crippen molar-refractivity contribution in [1.29, 1.82) is 0 Å². The lowest BCUT2D eigenvalue weighted by Crippen LogP contribution is -2.49. The molecule has 0 bridgehead atoms. The van der Waals surface area contributed by atoms with Gasteiger partial charge in [-0.3, -0.25) is 4.79 Å². The van der Waals surface area contributed by atoms with Gasteiger partial charge in [-0.1, -0.05) is 30.3 Å². The van der Waals surface area contributed by atoms with Gasteiger partial charge in [0.25, 0.3) is 5.91 Å². The van der Waals surface area contributed by atoms with Gasteiger partial charge in [-0.15, -0.1) is 0 Å². The number of alkyl halides is 3. The number of nitrogens with one attached hydrogen (secondary N) is 1. The largest absolute Gasteiger partial charge is 0.523 e. The molecule has 1 aromatic rings. The van der Waals surface area contributed by atoms with Gasteiger partial charge in [0, 0.05) is 13.1 Å². The molecule has 38 heavy (non-hydrogen) atoms. The normalized spacial score (nSPS) is 17.1. The van der Waals surface area contributed by atoms with Crippen LogP contribution in [0.4, 0.5) is 18.0 Å². The van der Waals surface area contributed by atoms with Crippen LogP contribution in [-0.4, -0.2) is 67.6 Å². The average molecular weight is 567 g/mol. The molecule has 2 atom stereocenters. The third-order valence-corrected chi connectivity index (χ3v) is 6.44. The van der Waals surface area contributed by atoms with Crippen LogP contribution in [0.2, 0.25) is 0 Å². The first-order chi connectivity index (χ1) is 17.6. The lowest BCUT2D eigenvalue weighted by molar-refractivity contribution is -0.164. The van der Waals surface area contributed by atoms with E-state index in [0.717, 1.165) is 10.5 Å². The van der Waals surface area contributed by atoms with Crippen molar-refractivity contribution in [3.05, 3.63) is 35.9 Å². The molecule has 0 spiro atoms. The summed E-state index contributed by atoms with van der Waals surface area (Å²) in [6, 6.07) is 7.86. The Bertz CT molecular complexity index is 1060. The second-order valence-electron chi connectivity index (χ2n) is 9.69. The predicted molar refractivity (Wildman–Crippen MR) is 129 cm³/mol. The number of amides is 2. The molecule has 2 amide bonds. The van der Waals surface area contributed by atoms with Crippen molar-refractivity contribution < 1.29 is 49.6 Å². The summed E-state index contributed by atoms with van der Waals surface area (Å²) in [4.78, 5) is 38.5. The molecule has 214 valence electrons. The maximum absolute atomic E-state index is 13.1. The summed E-state index contributed by atoms with van der Waals surface area (Å²) in [6.07, 6.45) is -2.29. The van der Waals surface area contributed by atoms with Gasteiger partial charge in [-0.25, -0.2) is 13.8 Å². The van der Waals surface area contributed by atoms with Crippen LogP contribution in [0.5, 0.6) is 0 Å². The third-order valence-electron chi connectivity index (χ3n) is 5.39. The molecule has 0 radical (unpaired) electrons. The zero-order valence-electron chi connectivity index (χ0n) is 21.5. The van der Waals surface area contributed by atoms with E-state index in [1.54, 1.807) is 45.0 Å². The van der Waals surface area contributed by atoms with Gasteiger partial charge in [0.1, 0.15) is 18.2 Å². The van der Waals surface area contributed by atoms with E-state index in [9.17, 15) is 36.0 Å². The second-order valence-corrected chi connectivity index (χ2v) is 11.3. The summed E-state index contributed by atoms with van der Waals surface area (Å²) in [6.45, 7) is 5.01. The molecule has 0 unspecified atom stereocenters. The lowest BCUT2D eigenvalue weighted by atomic mass is 10.1. The number of halogens is 3. The van der Waals surface area contributed by atoms with Gasteiger partial charge in [0.15, 0.2) is 6.10 Å². The van der Waals surface area contributed by atoms with E-state index in [-0.39, 0.29) is 39.0 Å². The fourth-order valence-electron chi connectivity index (χ4n) is 3.67. The highest BCUT2D eigenvalue weighted by Gasteiger charge is 2.50. The van der Waals surface area contributed by atoms with Crippen molar-refractivity contribution in [2.45, 2.75) is 82.7 Å². The van der Waals surface area contributed by atoms with E-state index in [4.69, 9.17) is 9.47 Å². The van der Waals surface area contributed by atoms with Crippen molar-refractivity contribution >= 4 is 28.1 Å². The van der Waals surface area contributed by atoms with Gasteiger partial charge in [-0.2, -0.15) is 21.6 Å². The number of rotatable bonds is 11. The van der Waals surface area contributed by atoms with Crippen LogP contribution in [0, 0.1) is 0 Å². The van der Waals surface area contributed by atoms with Crippen LogP contribution in [0.15, 0.2) is 30.3 Å². The van der Waals surface area contributed by atoms with Gasteiger partial charge >= 0.3 is 27.7 Å². The molecule has 1 heterocycles. The highest BCUT2D eigenvalue weighted by atomic mass is 32.2. The fourth-order valence-corrected chi connectivity index (χ4v) is 4.26. The van der Waals surface area contributed by atoms with Crippen LogP contribution in [0.25, 0.3) is 0 Å². The second kappa shape index (κ2) is 13.3. The molecule has 1 aliphatic rings. The molecule has 14 heteroatoms. The van der Waals surface area contributed by atoms with Crippen molar-refractivity contribution in [2.24, 2.45) is 0 Å². The number of benzene rings is 1. The Morgan fingerprint density at radius 3 is 2.37 bits per heavy atom. The molecule has 1 aromatic carbocycles. The number of carbonyl (C=O) groups is 3. The van der Waals surface area contributed by atoms with Gasteiger partial charge in [-0.05, 0) is 58.4 Å². The number of esters is 1. The topological polar surface area (TPSA) is 128 Å². The number of hydrogen-bond donors (Lipinski definition) is 1. The summed E-state index contributed by atoms with van der Waals surface area (Å²) >= 11 is 0. The standard InChI is InChI=1S/C24H33F3N2O8S/c1-23(2,3)36-21(31)18-12-9-15-29(18)20(30)19(37-38(33,34)24(25,26)27)13-7-8-14-28-22(32)35-16-17-10-5-4-6-11-17/h4-6,10-11,18-19H,7-9,12-16H2,1-3H3,(H,28,32)/t18-,19+/m0/s1. The number of alkyl carbamates (subject to hydrolysis) is 1. The minimum absolute atomic E-state index is 0.0312. The highest BCUT2D eigenvalue weighted by molar-refractivity contribution is 7.87. The molecule has 1 aliphatic heterocycles. The molecule has 1 saturated heterocycles. The maximum atomic E-state index is 13.1. The number of likely N-dealkylation sites (tertiary alicyclic amines) is 1. The Morgan fingerprint density at radius 2 is 1.76 bits per heavy atom. The van der Waals surface area contributed by atoms with E-state index in [1.165, 1.54) is 0 Å². The van der Waals surface area contributed by atoms with Gasteiger partial charge < -0.3 is 19.7 Å². The third kappa shape index (κ3) is 9.78. The summed E-state index contributed by atoms with van der Waals surface area (Å²) in [5.41, 5.74) is -5.82. The van der Waals surface area contributed by atoms with E-state index in [2.05, 4.69) is 9.50 Å². The van der Waals surface area contributed by atoms with Crippen molar-refractivity contribution in [3.8, 4) is 0 Å². The molecule has 0 saturated carbocycles. The SMILES string of the molecule is CC(C)(C)OC(=O)[C@@H]1CCCN1C(=O)[C@@H](CCCCNC(=O)OCc1ccccc1)OS(=O)(=O)C(F)(F)F. The van der Waals surface area contributed by atoms with Crippen LogP contribution in [0.3, 0.4) is 0 Å². The van der Waals surface area contributed by atoms with Crippen LogP contribution in [-0.2, 0) is 40.0 Å². The number of nitrogens with zero attached hydrogens (tertiary/aromatic N) is 1. The summed E-state index contributed by atoms with van der Waals surface area (Å²) < 4.78 is 76.9. The number of unbranched alkanes of at least 4 members (excludes halogenated alkanes) is 1. The average Bonchev–Trinajstić information content (AvgIpc) is 3.30. The van der Waals surface area contributed by atoms with E-state index in [0.29, 0.717) is 6.42 Å². The Kier molecular flexibility index (Phi) is 10.9. The molecule has 0 aromatic heterocycles. The predicted octanol–water partition coefficient (Wildman–Crippen LogP) is 3.65. The lowest BCUT2D eigenvalue weighted by Gasteiger charge is -2.30. The molecule has 10 nitrogen and oxygen atoms in total. The first kappa shape index (κ1) is 31.3. The van der Waals surface area contributed by atoms with Crippen molar-refractivity contribution in [3.63, 3.8) is 0 Å². The summed E-state index contributed by atoms with van der Waals surface area (Å²) in [5.74, 6) is -1.79. The minimum atomic E-state index is -6.08. The summed E-state index contributed by atoms with van der Waals surface area (Å²) in [5, 5.41) is 2.47. The molecule has 2 rings (SSSR count). The van der Waals surface area contributed by atoms with E-state index in [1.807, 2.05) is 6.07 Å². The first-order valence-electron chi connectivity index (χ1n) is 12.1. The number of carbonyl (C=O) groups excluding carboxylic acids is 3. The van der Waals surface area contributed by atoms with Crippen molar-refractivity contribution in [1.82, 2.24) is 10.2 Å². The summed E-state index contributed by atoms with van der Waals surface area (Å²) in [7, 11) is -6.08. The smallest absolute Gasteiger partial charge is 0.458 e. The van der Waals surface area contributed by atoms with E-state index < -0.39 is 57.8 Å². The Balaban J connectivity index is 1.97. The van der Waals surface area contributed by atoms with Crippen LogP contribution >= 0.6 is 0 Å². The quantitative estimate of drug-likeness (QED) is 0.186. The van der Waals surface area contributed by atoms with Crippen LogP contribution < -0.4 is 5.32 Å². The van der Waals surface area contributed by atoms with Gasteiger partial charge in [0.2, 0.25) is 0 Å². The molecule has 1 fully saturated rings. The van der Waals surface area contributed by atoms with Crippen LogP contribution in [0.1, 0.15) is 58.4 Å². The monoisotopic (exact) mass is 566 g/mol. The van der Waals surface area contributed by atoms with E-state index >= 15 is 0 Å². The number of ether oxygens (including phenoxy) is 2. The Morgan fingerprint density at radius 1 is 1.11 bits per heavy atom. The first-order valence-corrected chi connectivity index (χ1v) is 13.5. The molecule has 1 N–H and O–H groups in total. The fraction of sp³-hybridized carbons (Fsp3) is 0.625.